The summed E-state index contributed by atoms with van der Waals surface area (Å²) in [7, 11) is 0. The number of carbonyl (C=O) groups excluding carboxylic acids is 4. The van der Waals surface area contributed by atoms with Gasteiger partial charge in [-0.15, -0.1) is 0 Å². The number of amides is 5. The number of hydrogen-bond donors (Lipinski definition) is 5. The average molecular weight is 369 g/mol. The summed E-state index contributed by atoms with van der Waals surface area (Å²) < 4.78 is 0. The molecule has 0 fully saturated rings. The third-order valence-corrected chi connectivity index (χ3v) is 3.47. The number of carbonyl (C=O) groups is 4. The zero-order valence-corrected chi connectivity index (χ0v) is 14.3. The van der Waals surface area contributed by atoms with Crippen LogP contribution in [0.15, 0.2) is 48.5 Å². The second kappa shape index (κ2) is 8.99. The molecule has 27 heavy (non-hydrogen) atoms. The van der Waals surface area contributed by atoms with Crippen LogP contribution in [0.1, 0.15) is 15.9 Å². The van der Waals surface area contributed by atoms with E-state index in [1.165, 1.54) is 12.1 Å². The molecule has 0 aliphatic heterocycles. The standard InChI is InChI=1S/C18H19N5O4/c19-15(24)9-11-4-1-2-7-14(11)23-18(27)21-10-16(25)22-13-6-3-5-12(8-13)17(20)26/h1-8H,9-10H2,(H2,19,24)(H2,20,26)(H,22,25)(H2,21,23,27). The summed E-state index contributed by atoms with van der Waals surface area (Å²) in [6.07, 6.45) is -0.0207. The van der Waals surface area contributed by atoms with Gasteiger partial charge in [0.25, 0.3) is 0 Å². The monoisotopic (exact) mass is 369 g/mol. The van der Waals surface area contributed by atoms with Gasteiger partial charge in [-0.25, -0.2) is 4.79 Å². The Bertz CT molecular complexity index is 882. The van der Waals surface area contributed by atoms with Crippen molar-refractivity contribution < 1.29 is 19.2 Å². The Labute approximate surface area is 155 Å². The van der Waals surface area contributed by atoms with Gasteiger partial charge in [0.2, 0.25) is 17.7 Å². The first-order valence-corrected chi connectivity index (χ1v) is 7.96. The van der Waals surface area contributed by atoms with Gasteiger partial charge in [-0.2, -0.15) is 0 Å². The fourth-order valence-electron chi connectivity index (χ4n) is 2.27. The summed E-state index contributed by atoms with van der Waals surface area (Å²) in [6, 6.07) is 12.2. The van der Waals surface area contributed by atoms with E-state index in [0.717, 1.165) is 0 Å². The first kappa shape index (κ1) is 19.4. The highest BCUT2D eigenvalue weighted by atomic mass is 16.2. The van der Waals surface area contributed by atoms with Gasteiger partial charge in [0.1, 0.15) is 0 Å². The lowest BCUT2D eigenvalue weighted by Gasteiger charge is -2.11. The van der Waals surface area contributed by atoms with E-state index in [9.17, 15) is 19.2 Å². The number of nitrogens with one attached hydrogen (secondary N) is 3. The van der Waals surface area contributed by atoms with Gasteiger partial charge >= 0.3 is 6.03 Å². The number of urea groups is 1. The van der Waals surface area contributed by atoms with Crippen LogP contribution in [0.5, 0.6) is 0 Å². The van der Waals surface area contributed by atoms with Gasteiger partial charge in [0.05, 0.1) is 13.0 Å². The molecule has 0 heterocycles. The molecule has 0 atom stereocenters. The average Bonchev–Trinajstić information content (AvgIpc) is 2.61. The fourth-order valence-corrected chi connectivity index (χ4v) is 2.27. The lowest BCUT2D eigenvalue weighted by Crippen LogP contribution is -2.36. The van der Waals surface area contributed by atoms with E-state index >= 15 is 0 Å². The maximum atomic E-state index is 12.0. The topological polar surface area (TPSA) is 156 Å². The van der Waals surface area contributed by atoms with Crippen LogP contribution in [0, 0.1) is 0 Å². The molecule has 0 radical (unpaired) electrons. The predicted octanol–water partition coefficient (Wildman–Crippen LogP) is 0.573. The van der Waals surface area contributed by atoms with E-state index in [-0.39, 0.29) is 18.5 Å². The molecule has 9 heteroatoms. The lowest BCUT2D eigenvalue weighted by molar-refractivity contribution is -0.117. The number of nitrogens with two attached hydrogens (primary N) is 2. The van der Waals surface area contributed by atoms with Crippen molar-refractivity contribution in [3.05, 3.63) is 59.7 Å². The van der Waals surface area contributed by atoms with Gasteiger partial charge in [-0.05, 0) is 29.8 Å². The lowest BCUT2D eigenvalue weighted by atomic mass is 10.1. The number of hydrogen-bond acceptors (Lipinski definition) is 4. The van der Waals surface area contributed by atoms with Crippen molar-refractivity contribution in [2.24, 2.45) is 11.5 Å². The quantitative estimate of drug-likeness (QED) is 0.483. The minimum Gasteiger partial charge on any atom is -0.369 e. The molecule has 0 bridgehead atoms. The number of benzene rings is 2. The number of para-hydroxylation sites is 1. The summed E-state index contributed by atoms with van der Waals surface area (Å²) in [5.41, 5.74) is 12.0. The van der Waals surface area contributed by atoms with Crippen molar-refractivity contribution >= 4 is 35.1 Å². The van der Waals surface area contributed by atoms with E-state index < -0.39 is 23.8 Å². The number of anilines is 2. The molecule has 9 nitrogen and oxygen atoms in total. The SMILES string of the molecule is NC(=O)Cc1ccccc1NC(=O)NCC(=O)Nc1cccc(C(N)=O)c1. The first-order valence-electron chi connectivity index (χ1n) is 7.96. The van der Waals surface area contributed by atoms with E-state index in [4.69, 9.17) is 11.5 Å². The van der Waals surface area contributed by atoms with Crippen molar-refractivity contribution in [3.8, 4) is 0 Å². The minimum atomic E-state index is -0.618. The summed E-state index contributed by atoms with van der Waals surface area (Å²) in [5.74, 6) is -1.63. The highest BCUT2D eigenvalue weighted by Gasteiger charge is 2.10. The smallest absolute Gasteiger partial charge is 0.319 e. The van der Waals surface area contributed by atoms with E-state index in [1.54, 1.807) is 36.4 Å². The molecular formula is C18H19N5O4. The van der Waals surface area contributed by atoms with Crippen LogP contribution < -0.4 is 27.4 Å². The minimum absolute atomic E-state index is 0.0207. The normalized spacial score (nSPS) is 9.93. The van der Waals surface area contributed by atoms with E-state index in [0.29, 0.717) is 16.9 Å². The van der Waals surface area contributed by atoms with Crippen LogP contribution in [0.2, 0.25) is 0 Å². The molecule has 0 unspecified atom stereocenters. The Morgan fingerprint density at radius 3 is 2.33 bits per heavy atom. The number of rotatable bonds is 7. The molecule has 0 saturated heterocycles. The molecule has 0 aromatic heterocycles. The van der Waals surface area contributed by atoms with Gasteiger partial charge in [0, 0.05) is 16.9 Å². The predicted molar refractivity (Wildman–Crippen MR) is 100.0 cm³/mol. The Kier molecular flexibility index (Phi) is 6.48. The molecule has 2 aromatic carbocycles. The maximum Gasteiger partial charge on any atom is 0.319 e. The summed E-state index contributed by atoms with van der Waals surface area (Å²) in [5, 5.41) is 7.50. The van der Waals surface area contributed by atoms with Crippen LogP contribution in [-0.2, 0) is 16.0 Å². The molecule has 0 spiro atoms. The molecule has 2 aromatic rings. The molecule has 5 amide bonds. The second-order valence-corrected chi connectivity index (χ2v) is 5.60. The number of primary amides is 2. The van der Waals surface area contributed by atoms with Gasteiger partial charge in [0.15, 0.2) is 0 Å². The van der Waals surface area contributed by atoms with Crippen LogP contribution in [0.25, 0.3) is 0 Å². The first-order chi connectivity index (χ1) is 12.8. The van der Waals surface area contributed by atoms with Crippen molar-refractivity contribution in [2.75, 3.05) is 17.2 Å². The molecule has 0 aliphatic carbocycles. The summed E-state index contributed by atoms with van der Waals surface area (Å²) in [6.45, 7) is -0.301. The maximum absolute atomic E-state index is 12.0. The third-order valence-electron chi connectivity index (χ3n) is 3.47. The largest absolute Gasteiger partial charge is 0.369 e. The zero-order chi connectivity index (χ0) is 19.8. The highest BCUT2D eigenvalue weighted by molar-refractivity contribution is 5.99. The highest BCUT2D eigenvalue weighted by Crippen LogP contribution is 2.15. The third kappa shape index (κ3) is 6.16. The summed E-state index contributed by atoms with van der Waals surface area (Å²) in [4.78, 5) is 46.1. The van der Waals surface area contributed by atoms with Crippen LogP contribution >= 0.6 is 0 Å². The van der Waals surface area contributed by atoms with Crippen molar-refractivity contribution in [3.63, 3.8) is 0 Å². The van der Waals surface area contributed by atoms with Gasteiger partial charge in [-0.1, -0.05) is 24.3 Å². The van der Waals surface area contributed by atoms with E-state index in [2.05, 4.69) is 16.0 Å². The van der Waals surface area contributed by atoms with E-state index in [1.807, 2.05) is 0 Å². The Morgan fingerprint density at radius 2 is 1.63 bits per heavy atom. The Hall–Kier alpha value is -3.88. The molecular weight excluding hydrogens is 350 g/mol. The molecule has 0 saturated carbocycles. The molecule has 2 rings (SSSR count). The van der Waals surface area contributed by atoms with Crippen LogP contribution in [0.4, 0.5) is 16.2 Å². The van der Waals surface area contributed by atoms with Crippen molar-refractivity contribution in [1.29, 1.82) is 0 Å². The van der Waals surface area contributed by atoms with Crippen molar-refractivity contribution in [1.82, 2.24) is 5.32 Å². The fraction of sp³-hybridized carbons (Fsp3) is 0.111. The zero-order valence-electron chi connectivity index (χ0n) is 14.3. The van der Waals surface area contributed by atoms with Crippen LogP contribution in [0.3, 0.4) is 0 Å². The summed E-state index contributed by atoms with van der Waals surface area (Å²) >= 11 is 0. The van der Waals surface area contributed by atoms with Crippen LogP contribution in [-0.4, -0.2) is 30.3 Å². The second-order valence-electron chi connectivity index (χ2n) is 5.60. The van der Waals surface area contributed by atoms with Gasteiger partial charge < -0.3 is 27.4 Å². The Balaban J connectivity index is 1.89. The molecule has 7 N–H and O–H groups in total. The van der Waals surface area contributed by atoms with Gasteiger partial charge in [-0.3, -0.25) is 14.4 Å². The molecule has 0 aliphatic rings. The Morgan fingerprint density at radius 1 is 0.889 bits per heavy atom. The van der Waals surface area contributed by atoms with Crippen molar-refractivity contribution in [2.45, 2.75) is 6.42 Å². The molecule has 140 valence electrons.